The summed E-state index contributed by atoms with van der Waals surface area (Å²) in [6.07, 6.45) is 0. The first-order valence-corrected chi connectivity index (χ1v) is 5.45. The molecule has 0 radical (unpaired) electrons. The summed E-state index contributed by atoms with van der Waals surface area (Å²) in [6.45, 7) is 2.15. The maximum Gasteiger partial charge on any atom is 0.145 e. The van der Waals surface area contributed by atoms with Gasteiger partial charge in [-0.3, -0.25) is 4.99 Å². The standard InChI is InChI=1S/C12H16N2O3/c1-15-9-5-10(16-2)7-11(6-9)17-8-12-13-3-4-14-12/h5-7H,3-4,8H2,1-2H3,(H,13,14). The minimum atomic E-state index is 0.441. The van der Waals surface area contributed by atoms with Gasteiger partial charge < -0.3 is 19.5 Å². The second-order valence-corrected chi connectivity index (χ2v) is 3.59. The zero-order valence-corrected chi connectivity index (χ0v) is 10.0. The number of rotatable bonds is 5. The summed E-state index contributed by atoms with van der Waals surface area (Å²) in [6, 6.07) is 5.44. The Balaban J connectivity index is 2.03. The van der Waals surface area contributed by atoms with Crippen LogP contribution in [0, 0.1) is 0 Å². The molecule has 1 aromatic carbocycles. The van der Waals surface area contributed by atoms with Gasteiger partial charge in [-0.2, -0.15) is 0 Å². The highest BCUT2D eigenvalue weighted by molar-refractivity contribution is 5.85. The van der Waals surface area contributed by atoms with Crippen LogP contribution in [0.2, 0.25) is 0 Å². The third-order valence-electron chi connectivity index (χ3n) is 2.44. The van der Waals surface area contributed by atoms with Crippen LogP contribution in [0.15, 0.2) is 23.2 Å². The molecule has 0 bridgehead atoms. The maximum absolute atomic E-state index is 5.62. The van der Waals surface area contributed by atoms with Gasteiger partial charge in [0.25, 0.3) is 0 Å². The Bertz CT molecular complexity index is 396. The van der Waals surface area contributed by atoms with Crippen LogP contribution in [-0.4, -0.2) is 39.8 Å². The number of hydrogen-bond donors (Lipinski definition) is 1. The van der Waals surface area contributed by atoms with Gasteiger partial charge in [-0.15, -0.1) is 0 Å². The van der Waals surface area contributed by atoms with Crippen LogP contribution >= 0.6 is 0 Å². The van der Waals surface area contributed by atoms with Gasteiger partial charge in [-0.05, 0) is 0 Å². The number of nitrogens with one attached hydrogen (secondary N) is 1. The highest BCUT2D eigenvalue weighted by Gasteiger charge is 2.07. The molecule has 0 unspecified atom stereocenters. The lowest BCUT2D eigenvalue weighted by Gasteiger charge is -2.10. The van der Waals surface area contributed by atoms with E-state index in [4.69, 9.17) is 14.2 Å². The van der Waals surface area contributed by atoms with Crippen LogP contribution < -0.4 is 19.5 Å². The zero-order valence-electron chi connectivity index (χ0n) is 10.0. The topological polar surface area (TPSA) is 52.1 Å². The summed E-state index contributed by atoms with van der Waals surface area (Å²) in [7, 11) is 3.22. The number of methoxy groups -OCH3 is 2. The first-order chi connectivity index (χ1) is 8.31. The quantitative estimate of drug-likeness (QED) is 0.831. The van der Waals surface area contributed by atoms with Crippen molar-refractivity contribution in [3.63, 3.8) is 0 Å². The lowest BCUT2D eigenvalue weighted by molar-refractivity contribution is 0.356. The normalized spacial score (nSPS) is 13.9. The molecule has 5 nitrogen and oxygen atoms in total. The first kappa shape index (κ1) is 11.6. The van der Waals surface area contributed by atoms with E-state index in [0.717, 1.165) is 18.9 Å². The minimum absolute atomic E-state index is 0.441. The van der Waals surface area contributed by atoms with E-state index in [1.165, 1.54) is 0 Å². The van der Waals surface area contributed by atoms with Crippen LogP contribution in [-0.2, 0) is 0 Å². The summed E-state index contributed by atoms with van der Waals surface area (Å²) in [5.74, 6) is 3.01. The first-order valence-electron chi connectivity index (χ1n) is 5.45. The zero-order chi connectivity index (χ0) is 12.1. The van der Waals surface area contributed by atoms with Crippen LogP contribution in [0.4, 0.5) is 0 Å². The minimum Gasteiger partial charge on any atom is -0.496 e. The molecular weight excluding hydrogens is 220 g/mol. The molecule has 1 N–H and O–H groups in total. The maximum atomic E-state index is 5.62. The number of aliphatic imine (C=N–C) groups is 1. The highest BCUT2D eigenvalue weighted by atomic mass is 16.5. The molecule has 92 valence electrons. The van der Waals surface area contributed by atoms with E-state index in [0.29, 0.717) is 23.9 Å². The summed E-state index contributed by atoms with van der Waals surface area (Å²) in [5.41, 5.74) is 0. The Labute approximate surface area is 100 Å². The fraction of sp³-hybridized carbons (Fsp3) is 0.417. The average Bonchev–Trinajstić information content (AvgIpc) is 2.89. The van der Waals surface area contributed by atoms with Gasteiger partial charge in [0, 0.05) is 24.7 Å². The van der Waals surface area contributed by atoms with Crippen molar-refractivity contribution in [1.82, 2.24) is 5.32 Å². The molecule has 0 spiro atoms. The van der Waals surface area contributed by atoms with Gasteiger partial charge in [0.15, 0.2) is 0 Å². The Kier molecular flexibility index (Phi) is 3.69. The lowest BCUT2D eigenvalue weighted by Crippen LogP contribution is -2.24. The highest BCUT2D eigenvalue weighted by Crippen LogP contribution is 2.27. The van der Waals surface area contributed by atoms with Crippen molar-refractivity contribution >= 4 is 5.84 Å². The van der Waals surface area contributed by atoms with Crippen molar-refractivity contribution in [3.8, 4) is 17.2 Å². The average molecular weight is 236 g/mol. The van der Waals surface area contributed by atoms with Gasteiger partial charge in [-0.25, -0.2) is 0 Å². The summed E-state index contributed by atoms with van der Waals surface area (Å²) in [4.78, 5) is 4.25. The third-order valence-corrected chi connectivity index (χ3v) is 2.44. The van der Waals surface area contributed by atoms with E-state index in [2.05, 4.69) is 10.3 Å². The molecule has 0 aliphatic carbocycles. The number of benzene rings is 1. The van der Waals surface area contributed by atoms with Crippen molar-refractivity contribution in [1.29, 1.82) is 0 Å². The van der Waals surface area contributed by atoms with Gasteiger partial charge in [0.05, 0.1) is 20.8 Å². The van der Waals surface area contributed by atoms with Gasteiger partial charge >= 0.3 is 0 Å². The molecule has 2 rings (SSSR count). The van der Waals surface area contributed by atoms with Crippen molar-refractivity contribution in [2.75, 3.05) is 33.9 Å². The Hall–Kier alpha value is -1.91. The van der Waals surface area contributed by atoms with E-state index in [1.54, 1.807) is 20.3 Å². The summed E-state index contributed by atoms with van der Waals surface area (Å²) in [5, 5.41) is 3.15. The SMILES string of the molecule is COc1cc(OC)cc(OCC2=NCCN2)c1. The second-order valence-electron chi connectivity index (χ2n) is 3.59. The molecule has 17 heavy (non-hydrogen) atoms. The van der Waals surface area contributed by atoms with Crippen LogP contribution in [0.25, 0.3) is 0 Å². The number of ether oxygens (including phenoxy) is 3. The molecule has 1 aliphatic rings. The van der Waals surface area contributed by atoms with Gasteiger partial charge in [0.2, 0.25) is 0 Å². The fourth-order valence-corrected chi connectivity index (χ4v) is 1.56. The Morgan fingerprint density at radius 1 is 1.12 bits per heavy atom. The lowest BCUT2D eigenvalue weighted by atomic mass is 10.3. The number of amidine groups is 1. The van der Waals surface area contributed by atoms with E-state index < -0.39 is 0 Å². The molecule has 0 amide bonds. The van der Waals surface area contributed by atoms with E-state index >= 15 is 0 Å². The molecule has 0 aromatic heterocycles. The van der Waals surface area contributed by atoms with Crippen LogP contribution in [0.1, 0.15) is 0 Å². The molecular formula is C12H16N2O3. The number of hydrogen-bond acceptors (Lipinski definition) is 5. The van der Waals surface area contributed by atoms with Gasteiger partial charge in [0.1, 0.15) is 29.7 Å². The third kappa shape index (κ3) is 3.03. The number of nitrogens with zero attached hydrogens (tertiary/aromatic N) is 1. The molecule has 5 heteroatoms. The fourth-order valence-electron chi connectivity index (χ4n) is 1.56. The predicted octanol–water partition coefficient (Wildman–Crippen LogP) is 1.08. The molecule has 0 saturated heterocycles. The second kappa shape index (κ2) is 5.43. The Morgan fingerprint density at radius 3 is 2.29 bits per heavy atom. The van der Waals surface area contributed by atoms with Crippen molar-refractivity contribution in [3.05, 3.63) is 18.2 Å². The summed E-state index contributed by atoms with van der Waals surface area (Å²) >= 11 is 0. The van der Waals surface area contributed by atoms with Gasteiger partial charge in [-0.1, -0.05) is 0 Å². The molecule has 0 saturated carbocycles. The molecule has 0 fully saturated rings. The summed E-state index contributed by atoms with van der Waals surface area (Å²) < 4.78 is 15.9. The van der Waals surface area contributed by atoms with E-state index in [9.17, 15) is 0 Å². The smallest absolute Gasteiger partial charge is 0.145 e. The van der Waals surface area contributed by atoms with Crippen molar-refractivity contribution in [2.24, 2.45) is 4.99 Å². The molecule has 1 heterocycles. The van der Waals surface area contributed by atoms with Crippen LogP contribution in [0.3, 0.4) is 0 Å². The molecule has 1 aromatic rings. The largest absolute Gasteiger partial charge is 0.496 e. The van der Waals surface area contributed by atoms with E-state index in [-0.39, 0.29) is 0 Å². The predicted molar refractivity (Wildman–Crippen MR) is 65.3 cm³/mol. The van der Waals surface area contributed by atoms with E-state index in [1.807, 2.05) is 12.1 Å². The van der Waals surface area contributed by atoms with Crippen LogP contribution in [0.5, 0.6) is 17.2 Å². The molecule has 1 aliphatic heterocycles. The molecule has 0 atom stereocenters. The van der Waals surface area contributed by atoms with Crippen molar-refractivity contribution in [2.45, 2.75) is 0 Å². The monoisotopic (exact) mass is 236 g/mol. The van der Waals surface area contributed by atoms with Crippen molar-refractivity contribution < 1.29 is 14.2 Å². The Morgan fingerprint density at radius 2 is 1.76 bits per heavy atom.